The molecule has 1 atom stereocenters. The number of urea groups is 1. The van der Waals surface area contributed by atoms with Crippen LogP contribution in [-0.4, -0.2) is 110 Å². The van der Waals surface area contributed by atoms with E-state index in [1.807, 2.05) is 24.3 Å². The van der Waals surface area contributed by atoms with E-state index < -0.39 is 5.60 Å². The Balaban J connectivity index is 0.787. The van der Waals surface area contributed by atoms with Crippen LogP contribution < -0.4 is 20.4 Å². The number of carbonyl (C=O) groups excluding carboxylic acids is 3. The average Bonchev–Trinajstić information content (AvgIpc) is 3.99. The second kappa shape index (κ2) is 15.2. The Morgan fingerprint density at radius 3 is 2.29 bits per heavy atom. The molecule has 3 N–H and O–H groups in total. The molecule has 1 saturated carbocycles. The number of benzene rings is 2. The normalized spacial score (nSPS) is 22.4. The number of anilines is 3. The van der Waals surface area contributed by atoms with E-state index in [2.05, 4.69) is 59.5 Å². The summed E-state index contributed by atoms with van der Waals surface area (Å²) in [6.07, 6.45) is 9.28. The number of carbonyl (C=O) groups is 3. The number of nitrogens with one attached hydrogen (secondary N) is 2. The van der Waals surface area contributed by atoms with Gasteiger partial charge in [0.25, 0.3) is 5.91 Å². The number of hydrogen-bond acceptors (Lipinski definition) is 10. The summed E-state index contributed by atoms with van der Waals surface area (Å²) in [6.45, 7) is 10.1. The summed E-state index contributed by atoms with van der Waals surface area (Å²) < 4.78 is 3.59. The molecule has 3 aliphatic heterocycles. The third kappa shape index (κ3) is 7.39. The number of imide groups is 1. The molecule has 0 unspecified atom stereocenters. The molecule has 15 nitrogen and oxygen atoms in total. The lowest BCUT2D eigenvalue weighted by molar-refractivity contribution is -0.120. The molecule has 3 aromatic heterocycles. The molecule has 3 saturated heterocycles. The van der Waals surface area contributed by atoms with Gasteiger partial charge in [0.05, 0.1) is 34.4 Å². The first-order valence-corrected chi connectivity index (χ1v) is 20.4. The highest BCUT2D eigenvalue weighted by atomic mass is 16.3. The molecule has 5 aromatic rings. The van der Waals surface area contributed by atoms with E-state index in [9.17, 15) is 24.8 Å². The molecule has 300 valence electrons. The van der Waals surface area contributed by atoms with Crippen molar-refractivity contribution in [3.63, 3.8) is 0 Å². The lowest BCUT2D eigenvalue weighted by atomic mass is 9.90. The van der Waals surface area contributed by atoms with E-state index in [1.165, 1.54) is 16.4 Å². The summed E-state index contributed by atoms with van der Waals surface area (Å²) in [6, 6.07) is 20.1. The van der Waals surface area contributed by atoms with Crippen molar-refractivity contribution in [1.82, 2.24) is 34.5 Å². The molecule has 0 spiro atoms. The zero-order chi connectivity index (χ0) is 40.1. The van der Waals surface area contributed by atoms with Crippen LogP contribution in [0.3, 0.4) is 0 Å². The van der Waals surface area contributed by atoms with Gasteiger partial charge in [0.15, 0.2) is 0 Å². The molecule has 4 aliphatic rings. The summed E-state index contributed by atoms with van der Waals surface area (Å²) in [5.74, 6) is -0.591. The van der Waals surface area contributed by atoms with Crippen molar-refractivity contribution < 1.29 is 19.5 Å². The Labute approximate surface area is 336 Å². The molecule has 9 rings (SSSR count). The lowest BCUT2D eigenvalue weighted by Crippen LogP contribution is -2.54. The summed E-state index contributed by atoms with van der Waals surface area (Å²) in [5, 5.41) is 36.0. The van der Waals surface area contributed by atoms with Crippen molar-refractivity contribution in [2.75, 3.05) is 60.9 Å². The van der Waals surface area contributed by atoms with Gasteiger partial charge in [0, 0.05) is 98.5 Å². The Kier molecular flexibility index (Phi) is 9.87. The minimum absolute atomic E-state index is 0.223. The molecular formula is C43H49N11O4. The van der Waals surface area contributed by atoms with Crippen molar-refractivity contribution in [3.05, 3.63) is 83.8 Å². The van der Waals surface area contributed by atoms with Gasteiger partial charge in [0.2, 0.25) is 5.91 Å². The maximum absolute atomic E-state index is 13.5. The van der Waals surface area contributed by atoms with Gasteiger partial charge in [-0.2, -0.15) is 15.5 Å². The van der Waals surface area contributed by atoms with Crippen molar-refractivity contribution in [2.24, 2.45) is 0 Å². The van der Waals surface area contributed by atoms with Crippen molar-refractivity contribution in [2.45, 2.75) is 76.1 Å². The molecule has 0 bridgehead atoms. The van der Waals surface area contributed by atoms with Gasteiger partial charge >= 0.3 is 6.03 Å². The van der Waals surface area contributed by atoms with Crippen LogP contribution in [0.2, 0.25) is 0 Å². The third-order valence-electron chi connectivity index (χ3n) is 12.6. The van der Waals surface area contributed by atoms with Gasteiger partial charge in [-0.05, 0) is 101 Å². The van der Waals surface area contributed by atoms with Crippen LogP contribution in [0.4, 0.5) is 21.9 Å². The van der Waals surface area contributed by atoms with Crippen molar-refractivity contribution in [3.8, 4) is 6.07 Å². The third-order valence-corrected chi connectivity index (χ3v) is 12.6. The fraction of sp³-hybridized carbons (Fsp3) is 0.442. The zero-order valence-corrected chi connectivity index (χ0v) is 33.0. The SMILES string of the molecule is CC(C)(O)c1cc2nn(C3CCC(N4CCN([C@@H]5CCN(c6ccc(N7CCC(=O)NC7=O)cc6)C5)CC4)CC3)cc2cc1NC(=O)c1ccc2cc(C#N)cnn12. The van der Waals surface area contributed by atoms with Crippen molar-refractivity contribution in [1.29, 1.82) is 5.26 Å². The number of amides is 4. The Bertz CT molecular complexity index is 2410. The second-order valence-corrected chi connectivity index (χ2v) is 16.7. The fourth-order valence-electron chi connectivity index (χ4n) is 9.39. The molecule has 6 heterocycles. The van der Waals surface area contributed by atoms with Crippen molar-refractivity contribution >= 4 is 51.3 Å². The first kappa shape index (κ1) is 37.7. The highest BCUT2D eigenvalue weighted by Gasteiger charge is 2.34. The van der Waals surface area contributed by atoms with Crippen LogP contribution in [0.15, 0.2) is 67.0 Å². The Morgan fingerprint density at radius 1 is 0.879 bits per heavy atom. The molecule has 4 amide bonds. The summed E-state index contributed by atoms with van der Waals surface area (Å²) in [4.78, 5) is 46.8. The predicted octanol–water partition coefficient (Wildman–Crippen LogP) is 4.86. The number of hydrogen-bond donors (Lipinski definition) is 3. The molecule has 2 aromatic carbocycles. The Morgan fingerprint density at radius 2 is 1.59 bits per heavy atom. The van der Waals surface area contributed by atoms with Gasteiger partial charge in [0.1, 0.15) is 11.8 Å². The monoisotopic (exact) mass is 783 g/mol. The minimum Gasteiger partial charge on any atom is -0.386 e. The minimum atomic E-state index is -1.23. The van der Waals surface area contributed by atoms with E-state index >= 15 is 0 Å². The van der Waals surface area contributed by atoms with Crippen LogP contribution >= 0.6 is 0 Å². The summed E-state index contributed by atoms with van der Waals surface area (Å²) in [5.41, 5.74) is 4.00. The van der Waals surface area contributed by atoms with E-state index in [1.54, 1.807) is 36.9 Å². The number of fused-ring (bicyclic) bond motifs is 2. The van der Waals surface area contributed by atoms with Crippen LogP contribution in [-0.2, 0) is 10.4 Å². The molecule has 58 heavy (non-hydrogen) atoms. The second-order valence-electron chi connectivity index (χ2n) is 16.7. The van der Waals surface area contributed by atoms with E-state index in [0.29, 0.717) is 53.1 Å². The molecular weight excluding hydrogens is 735 g/mol. The predicted molar refractivity (Wildman–Crippen MR) is 220 cm³/mol. The number of aromatic nitrogens is 4. The van der Waals surface area contributed by atoms with E-state index in [0.717, 1.165) is 88.0 Å². The quantitative estimate of drug-likeness (QED) is 0.198. The average molecular weight is 784 g/mol. The van der Waals surface area contributed by atoms with Crippen LogP contribution in [0.5, 0.6) is 0 Å². The van der Waals surface area contributed by atoms with Crippen LogP contribution in [0.1, 0.15) is 80.0 Å². The lowest BCUT2D eigenvalue weighted by Gasteiger charge is -2.43. The van der Waals surface area contributed by atoms with Gasteiger partial charge in [-0.15, -0.1) is 0 Å². The van der Waals surface area contributed by atoms with Gasteiger partial charge < -0.3 is 15.3 Å². The number of nitriles is 1. The Hall–Kier alpha value is -5.82. The summed E-state index contributed by atoms with van der Waals surface area (Å²) >= 11 is 0. The van der Waals surface area contributed by atoms with Crippen LogP contribution in [0, 0.1) is 11.3 Å². The van der Waals surface area contributed by atoms with E-state index in [-0.39, 0.29) is 23.9 Å². The fourth-order valence-corrected chi connectivity index (χ4v) is 9.39. The number of aliphatic hydroxyl groups is 1. The van der Waals surface area contributed by atoms with Gasteiger partial charge in [-0.1, -0.05) is 0 Å². The highest BCUT2D eigenvalue weighted by Crippen LogP contribution is 2.36. The molecule has 4 fully saturated rings. The highest BCUT2D eigenvalue weighted by molar-refractivity contribution is 6.06. The number of nitrogens with zero attached hydrogens (tertiary/aromatic N) is 9. The molecule has 0 radical (unpaired) electrons. The first-order chi connectivity index (χ1) is 28.0. The van der Waals surface area contributed by atoms with E-state index in [4.69, 9.17) is 5.10 Å². The smallest absolute Gasteiger partial charge is 0.328 e. The topological polar surface area (TPSA) is 167 Å². The number of rotatable bonds is 8. The first-order valence-electron chi connectivity index (χ1n) is 20.4. The largest absolute Gasteiger partial charge is 0.386 e. The molecule has 1 aliphatic carbocycles. The standard InChI is InChI=1S/C43H49N11O4/c1-43(2,58)36-23-37-29(22-38(36)46-41(56)39-12-11-34-21-28(24-44)25-45-54(34)39)26-53(48-37)33-9-5-30(6-10-33)49-17-19-50(20-18-49)35-13-15-51(27-35)31-3-7-32(8-4-31)52-16-14-40(55)47-42(52)57/h3-4,7-8,11-12,21-23,25-26,30,33,35,58H,5-6,9-10,13-20,27H2,1-2H3,(H,46,56)(H,47,55,57)/t30?,33?,35-/m1/s1. The van der Waals surface area contributed by atoms with Gasteiger partial charge in [-0.3, -0.25) is 34.3 Å². The van der Waals surface area contributed by atoms with Gasteiger partial charge in [-0.25, -0.2) is 9.31 Å². The maximum atomic E-state index is 13.5. The summed E-state index contributed by atoms with van der Waals surface area (Å²) in [7, 11) is 0. The zero-order valence-electron chi connectivity index (χ0n) is 33.0. The number of piperazine rings is 1. The van der Waals surface area contributed by atoms with Crippen LogP contribution in [0.25, 0.3) is 16.4 Å². The maximum Gasteiger partial charge on any atom is 0.328 e. The molecule has 15 heteroatoms.